The maximum atomic E-state index is 11.5. The number of aliphatic hydroxyl groups is 2. The van der Waals surface area contributed by atoms with Crippen LogP contribution in [0.1, 0.15) is 83.1 Å². The quantitative estimate of drug-likeness (QED) is 0.248. The van der Waals surface area contributed by atoms with Gasteiger partial charge >= 0.3 is 0 Å². The monoisotopic (exact) mass is 576 g/mol. The molecule has 0 saturated heterocycles. The van der Waals surface area contributed by atoms with Gasteiger partial charge in [0.25, 0.3) is 0 Å². The molecule has 0 rings (SSSR count). The molecule has 0 unspecified atom stereocenters. The van der Waals surface area contributed by atoms with Crippen LogP contribution in [0.4, 0.5) is 0 Å². The van der Waals surface area contributed by atoms with Crippen LogP contribution in [0.25, 0.3) is 0 Å². The maximum absolute atomic E-state index is 11.5. The molecule has 0 saturated carbocycles. The van der Waals surface area contributed by atoms with Gasteiger partial charge in [0.1, 0.15) is 11.5 Å². The van der Waals surface area contributed by atoms with Gasteiger partial charge in [0.05, 0.1) is 0 Å². The molecule has 0 aromatic carbocycles. The summed E-state index contributed by atoms with van der Waals surface area (Å²) < 4.78 is 0. The Bertz CT molecular complexity index is 505. The van der Waals surface area contributed by atoms with Crippen molar-refractivity contribution in [3.05, 3.63) is 23.7 Å². The average Bonchev–Trinajstić information content (AvgIpc) is 2.34. The van der Waals surface area contributed by atoms with Crippen molar-refractivity contribution in [3.63, 3.8) is 0 Å². The summed E-state index contributed by atoms with van der Waals surface area (Å²) in [5.41, 5.74) is -1.53. The van der Waals surface area contributed by atoms with Gasteiger partial charge in [-0.15, -0.1) is 0 Å². The molecule has 0 aliphatic heterocycles. The zero-order valence-corrected chi connectivity index (χ0v) is 23.3. The molecule has 0 spiro atoms. The van der Waals surface area contributed by atoms with E-state index < -0.39 is 10.8 Å². The summed E-state index contributed by atoms with van der Waals surface area (Å²) in [6.45, 7) is 22.2. The van der Waals surface area contributed by atoms with E-state index in [4.69, 9.17) is 0 Å². The number of carbonyl (C=O) groups is 2. The van der Waals surface area contributed by atoms with E-state index in [1.54, 1.807) is 0 Å². The Labute approximate surface area is 186 Å². The van der Waals surface area contributed by atoms with Gasteiger partial charge in [0.15, 0.2) is 11.6 Å². The molecule has 0 fully saturated rings. The minimum atomic E-state index is -0.417. The SMILES string of the molecule is CC(C)(C)C(=O)C=C(O)C(C)(C)C.CC(C)(C)C(=O)C=C(O)C(C)(C)C.[Pb]. The summed E-state index contributed by atoms with van der Waals surface area (Å²) in [5.74, 6) is 0.208. The number of rotatable bonds is 2. The largest absolute Gasteiger partial charge is 0.512 e. The molecule has 0 aliphatic carbocycles. The summed E-state index contributed by atoms with van der Waals surface area (Å²) >= 11 is 0. The summed E-state index contributed by atoms with van der Waals surface area (Å²) in [6, 6.07) is 0. The summed E-state index contributed by atoms with van der Waals surface area (Å²) in [5, 5.41) is 19.1. The Morgan fingerprint density at radius 2 is 0.704 bits per heavy atom. The molecule has 0 atom stereocenters. The zero-order chi connectivity index (χ0) is 21.7. The first-order valence-corrected chi connectivity index (χ1v) is 9.01. The molecule has 2 N–H and O–H groups in total. The van der Waals surface area contributed by atoms with Crippen LogP contribution in [0.3, 0.4) is 0 Å². The topological polar surface area (TPSA) is 74.6 Å². The Kier molecular flexibility index (Phi) is 12.4. The van der Waals surface area contributed by atoms with Crippen LogP contribution in [0, 0.1) is 21.7 Å². The second kappa shape index (κ2) is 10.8. The van der Waals surface area contributed by atoms with Crippen LogP contribution >= 0.6 is 0 Å². The fourth-order valence-electron chi connectivity index (χ4n) is 1.11. The van der Waals surface area contributed by atoms with Crippen LogP contribution in [-0.4, -0.2) is 49.1 Å². The number of hydrogen-bond acceptors (Lipinski definition) is 4. The molecule has 27 heavy (non-hydrogen) atoms. The molecule has 0 aromatic rings. The third-order valence-electron chi connectivity index (χ3n) is 3.55. The van der Waals surface area contributed by atoms with Crippen LogP contribution in [0.5, 0.6) is 0 Å². The van der Waals surface area contributed by atoms with Gasteiger partial charge in [-0.25, -0.2) is 0 Å². The van der Waals surface area contributed by atoms with Gasteiger partial charge in [-0.2, -0.15) is 0 Å². The molecular weight excluding hydrogens is 535 g/mol. The number of aliphatic hydroxyl groups excluding tert-OH is 2. The average molecular weight is 576 g/mol. The van der Waals surface area contributed by atoms with Crippen LogP contribution in [0.2, 0.25) is 0 Å². The summed E-state index contributed by atoms with van der Waals surface area (Å²) in [4.78, 5) is 23.0. The van der Waals surface area contributed by atoms with Crippen molar-refractivity contribution in [2.75, 3.05) is 0 Å². The van der Waals surface area contributed by atoms with Crippen molar-refractivity contribution >= 4 is 38.9 Å². The van der Waals surface area contributed by atoms with E-state index in [1.165, 1.54) is 12.2 Å². The van der Waals surface area contributed by atoms with Crippen LogP contribution in [-0.2, 0) is 9.59 Å². The van der Waals surface area contributed by atoms with Crippen molar-refractivity contribution in [2.24, 2.45) is 21.7 Å². The maximum Gasteiger partial charge on any atom is 0.164 e. The Hall–Kier alpha value is -0.658. The first kappa shape index (κ1) is 31.0. The van der Waals surface area contributed by atoms with Gasteiger partial charge < -0.3 is 10.2 Å². The molecule has 156 valence electrons. The fraction of sp³-hybridized carbons (Fsp3) is 0.727. The van der Waals surface area contributed by atoms with E-state index in [1.807, 2.05) is 83.1 Å². The number of allylic oxidation sites excluding steroid dienone is 4. The van der Waals surface area contributed by atoms with Gasteiger partial charge in [0.2, 0.25) is 0 Å². The molecule has 5 heteroatoms. The normalized spacial score (nSPS) is 13.9. The number of hydrogen-bond donors (Lipinski definition) is 2. The predicted molar refractivity (Wildman–Crippen MR) is 115 cm³/mol. The summed E-state index contributed by atoms with van der Waals surface area (Å²) in [6.07, 6.45) is 2.67. The van der Waals surface area contributed by atoms with E-state index in [0.29, 0.717) is 0 Å². The third kappa shape index (κ3) is 14.1. The van der Waals surface area contributed by atoms with Crippen molar-refractivity contribution in [3.8, 4) is 0 Å². The molecular formula is C22H40O4Pb. The number of carbonyl (C=O) groups excluding carboxylic acids is 2. The zero-order valence-electron chi connectivity index (χ0n) is 19.4. The first-order valence-electron chi connectivity index (χ1n) is 9.01. The molecule has 0 amide bonds. The van der Waals surface area contributed by atoms with Crippen LogP contribution in [0.15, 0.2) is 23.7 Å². The van der Waals surface area contributed by atoms with Gasteiger partial charge in [0, 0.05) is 61.1 Å². The van der Waals surface area contributed by atoms with E-state index in [2.05, 4.69) is 0 Å². The van der Waals surface area contributed by atoms with Gasteiger partial charge in [-0.1, -0.05) is 83.1 Å². The third-order valence-corrected chi connectivity index (χ3v) is 3.55. The van der Waals surface area contributed by atoms with E-state index >= 15 is 0 Å². The molecule has 0 aromatic heterocycles. The predicted octanol–water partition coefficient (Wildman–Crippen LogP) is 5.80. The van der Waals surface area contributed by atoms with E-state index in [9.17, 15) is 19.8 Å². The second-order valence-corrected chi connectivity index (χ2v) is 10.8. The van der Waals surface area contributed by atoms with Gasteiger partial charge in [-0.05, 0) is 0 Å². The minimum Gasteiger partial charge on any atom is -0.512 e. The molecule has 4 radical (unpaired) electrons. The van der Waals surface area contributed by atoms with E-state index in [-0.39, 0.29) is 61.2 Å². The minimum absolute atomic E-state index is 0. The smallest absolute Gasteiger partial charge is 0.164 e. The van der Waals surface area contributed by atoms with Crippen LogP contribution < -0.4 is 0 Å². The summed E-state index contributed by atoms with van der Waals surface area (Å²) in [7, 11) is 0. The fourth-order valence-corrected chi connectivity index (χ4v) is 1.11. The Balaban J connectivity index is -0.000000411. The molecule has 0 aliphatic rings. The molecule has 4 nitrogen and oxygen atoms in total. The van der Waals surface area contributed by atoms with Crippen molar-refractivity contribution in [1.82, 2.24) is 0 Å². The van der Waals surface area contributed by atoms with Crippen molar-refractivity contribution in [1.29, 1.82) is 0 Å². The standard InChI is InChI=1S/2C11H20O2.Pb/c2*1-10(2,3)8(12)7-9(13)11(4,5)6;/h2*7,12H,1-6H3;. The second-order valence-electron chi connectivity index (χ2n) is 10.8. The van der Waals surface area contributed by atoms with Gasteiger partial charge in [-0.3, -0.25) is 9.59 Å². The first-order chi connectivity index (χ1) is 11.1. The Morgan fingerprint density at radius 3 is 0.815 bits per heavy atom. The van der Waals surface area contributed by atoms with Crippen molar-refractivity contribution < 1.29 is 19.8 Å². The number of ketones is 2. The molecule has 0 bridgehead atoms. The van der Waals surface area contributed by atoms with E-state index in [0.717, 1.165) is 0 Å². The molecule has 0 heterocycles. The Morgan fingerprint density at radius 1 is 0.519 bits per heavy atom. The van der Waals surface area contributed by atoms with Crippen molar-refractivity contribution in [2.45, 2.75) is 83.1 Å².